The number of hydrogen-bond acceptors (Lipinski definition) is 1. The Balaban J connectivity index is 2.01. The minimum absolute atomic E-state index is 0.549. The monoisotopic (exact) mass is 251 g/mol. The predicted molar refractivity (Wildman–Crippen MR) is 75.8 cm³/mol. The summed E-state index contributed by atoms with van der Waals surface area (Å²) in [5.74, 6) is 0.821. The van der Waals surface area contributed by atoms with E-state index in [0.29, 0.717) is 6.04 Å². The summed E-state index contributed by atoms with van der Waals surface area (Å²) in [7, 11) is 0. The van der Waals surface area contributed by atoms with Gasteiger partial charge in [0.05, 0.1) is 0 Å². The van der Waals surface area contributed by atoms with E-state index in [0.717, 1.165) is 10.9 Å². The molecule has 0 radical (unpaired) electrons. The van der Waals surface area contributed by atoms with Crippen LogP contribution in [0, 0.1) is 12.8 Å². The maximum Gasteiger partial charge on any atom is 0.0426 e. The Hall–Kier alpha value is -0.690. The second-order valence-corrected chi connectivity index (χ2v) is 5.73. The normalized spacial score (nSPS) is 19.0. The molecule has 1 aromatic rings. The van der Waals surface area contributed by atoms with Crippen molar-refractivity contribution in [2.75, 3.05) is 5.32 Å². The molecule has 0 amide bonds. The van der Waals surface area contributed by atoms with E-state index in [1.54, 1.807) is 0 Å². The maximum atomic E-state index is 6.05. The molecule has 2 rings (SSSR count). The molecular formula is C15H22ClN. The highest BCUT2D eigenvalue weighted by atomic mass is 35.5. The summed E-state index contributed by atoms with van der Waals surface area (Å²) in [6.45, 7) is 4.43. The van der Waals surface area contributed by atoms with Gasteiger partial charge in [-0.1, -0.05) is 36.9 Å². The van der Waals surface area contributed by atoms with Gasteiger partial charge in [-0.25, -0.2) is 0 Å². The Morgan fingerprint density at radius 2 is 1.94 bits per heavy atom. The summed E-state index contributed by atoms with van der Waals surface area (Å²) in [5.41, 5.74) is 2.47. The fourth-order valence-corrected chi connectivity index (χ4v) is 2.92. The molecule has 1 aliphatic carbocycles. The highest BCUT2D eigenvalue weighted by Crippen LogP contribution is 2.29. The maximum absolute atomic E-state index is 6.05. The summed E-state index contributed by atoms with van der Waals surface area (Å²) in [5, 5.41) is 4.45. The number of hydrogen-bond donors (Lipinski definition) is 1. The first kappa shape index (κ1) is 12.8. The summed E-state index contributed by atoms with van der Waals surface area (Å²) in [4.78, 5) is 0. The van der Waals surface area contributed by atoms with Gasteiger partial charge < -0.3 is 5.32 Å². The molecule has 1 atom stereocenters. The second kappa shape index (κ2) is 5.77. The van der Waals surface area contributed by atoms with Gasteiger partial charge >= 0.3 is 0 Å². The lowest BCUT2D eigenvalue weighted by molar-refractivity contribution is 0.328. The average molecular weight is 252 g/mol. The van der Waals surface area contributed by atoms with Crippen LogP contribution in [0.15, 0.2) is 18.2 Å². The minimum atomic E-state index is 0.549. The van der Waals surface area contributed by atoms with Crippen LogP contribution in [-0.4, -0.2) is 6.04 Å². The molecule has 1 fully saturated rings. The topological polar surface area (TPSA) is 12.0 Å². The van der Waals surface area contributed by atoms with Gasteiger partial charge in [-0.15, -0.1) is 0 Å². The fourth-order valence-electron chi connectivity index (χ4n) is 2.75. The molecule has 94 valence electrons. The van der Waals surface area contributed by atoms with Crippen molar-refractivity contribution >= 4 is 17.3 Å². The van der Waals surface area contributed by atoms with Gasteiger partial charge in [-0.2, -0.15) is 0 Å². The van der Waals surface area contributed by atoms with E-state index in [-0.39, 0.29) is 0 Å². The first-order chi connectivity index (χ1) is 8.16. The standard InChI is InChI=1S/C15H22ClN/c1-11-8-9-14(16)10-15(11)17-12(2)13-6-4-3-5-7-13/h8-10,12-13,17H,3-7H2,1-2H3. The van der Waals surface area contributed by atoms with Crippen molar-refractivity contribution in [2.45, 2.75) is 52.0 Å². The molecule has 0 aromatic heterocycles. The van der Waals surface area contributed by atoms with Crippen LogP contribution in [0.2, 0.25) is 5.02 Å². The lowest BCUT2D eigenvalue weighted by atomic mass is 9.84. The van der Waals surface area contributed by atoms with Crippen molar-refractivity contribution in [3.8, 4) is 0 Å². The van der Waals surface area contributed by atoms with Crippen LogP contribution < -0.4 is 5.32 Å². The molecular weight excluding hydrogens is 230 g/mol. The number of rotatable bonds is 3. The molecule has 1 aromatic carbocycles. The second-order valence-electron chi connectivity index (χ2n) is 5.29. The lowest BCUT2D eigenvalue weighted by Crippen LogP contribution is -2.27. The average Bonchev–Trinajstić information content (AvgIpc) is 2.35. The van der Waals surface area contributed by atoms with Crippen molar-refractivity contribution in [3.05, 3.63) is 28.8 Å². The van der Waals surface area contributed by atoms with Gasteiger partial charge in [0.2, 0.25) is 0 Å². The molecule has 0 bridgehead atoms. The zero-order valence-electron chi connectivity index (χ0n) is 10.8. The highest BCUT2D eigenvalue weighted by Gasteiger charge is 2.20. The molecule has 1 saturated carbocycles. The molecule has 2 heteroatoms. The van der Waals surface area contributed by atoms with E-state index < -0.39 is 0 Å². The van der Waals surface area contributed by atoms with Crippen molar-refractivity contribution in [2.24, 2.45) is 5.92 Å². The molecule has 0 spiro atoms. The van der Waals surface area contributed by atoms with Crippen LogP contribution in [0.3, 0.4) is 0 Å². The molecule has 17 heavy (non-hydrogen) atoms. The van der Waals surface area contributed by atoms with Crippen LogP contribution in [0.5, 0.6) is 0 Å². The van der Waals surface area contributed by atoms with E-state index in [9.17, 15) is 0 Å². The van der Waals surface area contributed by atoms with Gasteiger partial charge in [0.1, 0.15) is 0 Å². The first-order valence-corrected chi connectivity index (χ1v) is 7.07. The van der Waals surface area contributed by atoms with Crippen LogP contribution in [0.4, 0.5) is 5.69 Å². The van der Waals surface area contributed by atoms with Crippen molar-refractivity contribution in [3.63, 3.8) is 0 Å². The zero-order chi connectivity index (χ0) is 12.3. The van der Waals surface area contributed by atoms with Gasteiger partial charge in [-0.3, -0.25) is 0 Å². The van der Waals surface area contributed by atoms with Gasteiger partial charge in [0, 0.05) is 16.8 Å². The largest absolute Gasteiger partial charge is 0.382 e. The predicted octanol–water partition coefficient (Wildman–Crippen LogP) is 5.03. The highest BCUT2D eigenvalue weighted by molar-refractivity contribution is 6.30. The quantitative estimate of drug-likeness (QED) is 0.795. The first-order valence-electron chi connectivity index (χ1n) is 6.69. The van der Waals surface area contributed by atoms with Crippen LogP contribution in [-0.2, 0) is 0 Å². The van der Waals surface area contributed by atoms with E-state index in [4.69, 9.17) is 11.6 Å². The number of nitrogens with one attached hydrogen (secondary N) is 1. The molecule has 1 aliphatic rings. The third kappa shape index (κ3) is 3.38. The van der Waals surface area contributed by atoms with Crippen molar-refractivity contribution in [1.82, 2.24) is 0 Å². The van der Waals surface area contributed by atoms with Gasteiger partial charge in [0.25, 0.3) is 0 Å². The smallest absolute Gasteiger partial charge is 0.0426 e. The number of halogens is 1. The number of benzene rings is 1. The molecule has 0 aliphatic heterocycles. The summed E-state index contributed by atoms with van der Waals surface area (Å²) in [6, 6.07) is 6.62. The Bertz CT molecular complexity index is 369. The third-order valence-electron chi connectivity index (χ3n) is 3.94. The van der Waals surface area contributed by atoms with Crippen molar-refractivity contribution < 1.29 is 0 Å². The van der Waals surface area contributed by atoms with E-state index in [1.165, 1.54) is 43.4 Å². The Labute approximate surface area is 110 Å². The van der Waals surface area contributed by atoms with E-state index >= 15 is 0 Å². The number of anilines is 1. The van der Waals surface area contributed by atoms with E-state index in [2.05, 4.69) is 25.2 Å². The Morgan fingerprint density at radius 1 is 1.24 bits per heavy atom. The molecule has 0 saturated heterocycles. The lowest BCUT2D eigenvalue weighted by Gasteiger charge is -2.29. The van der Waals surface area contributed by atoms with E-state index in [1.807, 2.05) is 12.1 Å². The van der Waals surface area contributed by atoms with Crippen molar-refractivity contribution in [1.29, 1.82) is 0 Å². The Morgan fingerprint density at radius 3 is 2.65 bits per heavy atom. The van der Waals surface area contributed by atoms with Crippen LogP contribution in [0.1, 0.15) is 44.6 Å². The van der Waals surface area contributed by atoms with Crippen LogP contribution in [0.25, 0.3) is 0 Å². The summed E-state index contributed by atoms with van der Waals surface area (Å²) in [6.07, 6.45) is 6.94. The van der Waals surface area contributed by atoms with Crippen LogP contribution >= 0.6 is 11.6 Å². The minimum Gasteiger partial charge on any atom is -0.382 e. The SMILES string of the molecule is Cc1ccc(Cl)cc1NC(C)C1CCCCC1. The molecule has 1 unspecified atom stereocenters. The molecule has 1 N–H and O–H groups in total. The fraction of sp³-hybridized carbons (Fsp3) is 0.600. The molecule has 0 heterocycles. The molecule has 1 nitrogen and oxygen atoms in total. The zero-order valence-corrected chi connectivity index (χ0v) is 11.6. The van der Waals surface area contributed by atoms with Gasteiger partial charge in [-0.05, 0) is 50.3 Å². The summed E-state index contributed by atoms with van der Waals surface area (Å²) < 4.78 is 0. The summed E-state index contributed by atoms with van der Waals surface area (Å²) >= 11 is 6.05. The third-order valence-corrected chi connectivity index (χ3v) is 4.17. The van der Waals surface area contributed by atoms with Gasteiger partial charge in [0.15, 0.2) is 0 Å². The Kier molecular flexibility index (Phi) is 4.33. The number of aryl methyl sites for hydroxylation is 1.